The van der Waals surface area contributed by atoms with Crippen LogP contribution in [0.5, 0.6) is 0 Å². The van der Waals surface area contributed by atoms with Gasteiger partial charge in [0.2, 0.25) is 0 Å². The second kappa shape index (κ2) is 6.28. The molecule has 1 heterocycles. The van der Waals surface area contributed by atoms with Gasteiger partial charge < -0.3 is 5.32 Å². The van der Waals surface area contributed by atoms with E-state index in [0.29, 0.717) is 0 Å². The fourth-order valence-electron chi connectivity index (χ4n) is 3.73. The van der Waals surface area contributed by atoms with Crippen LogP contribution in [0.3, 0.4) is 0 Å². The summed E-state index contributed by atoms with van der Waals surface area (Å²) in [4.78, 5) is 2.57. The predicted molar refractivity (Wildman–Crippen MR) is 84.7 cm³/mol. The van der Waals surface area contributed by atoms with Gasteiger partial charge in [-0.1, -0.05) is 25.1 Å². The standard InChI is InChI=1S/C18H28N2/c1-14-3-7-18(8-4-14)20(2)13-15-5-6-16-9-10-19-12-17(16)11-15/h5-6,11,14,18-19H,3-4,7-10,12-13H2,1-2H3. The molecule has 1 N–H and O–H groups in total. The van der Waals surface area contributed by atoms with Crippen molar-refractivity contribution in [2.24, 2.45) is 5.92 Å². The highest BCUT2D eigenvalue weighted by atomic mass is 15.1. The van der Waals surface area contributed by atoms with E-state index in [1.165, 1.54) is 43.2 Å². The van der Waals surface area contributed by atoms with Gasteiger partial charge in [0.15, 0.2) is 0 Å². The van der Waals surface area contributed by atoms with E-state index in [2.05, 4.69) is 42.4 Å². The molecule has 1 aromatic rings. The summed E-state index contributed by atoms with van der Waals surface area (Å²) in [5.74, 6) is 0.939. The molecule has 2 heteroatoms. The molecule has 0 bridgehead atoms. The van der Waals surface area contributed by atoms with Crippen LogP contribution in [0.25, 0.3) is 0 Å². The highest BCUT2D eigenvalue weighted by Crippen LogP contribution is 2.27. The van der Waals surface area contributed by atoms with Crippen molar-refractivity contribution >= 4 is 0 Å². The first kappa shape index (κ1) is 14.1. The molecular formula is C18H28N2. The van der Waals surface area contributed by atoms with Crippen molar-refractivity contribution in [3.05, 3.63) is 34.9 Å². The minimum atomic E-state index is 0.792. The fraction of sp³-hybridized carbons (Fsp3) is 0.667. The molecule has 1 aromatic carbocycles. The Morgan fingerprint density at radius 2 is 1.95 bits per heavy atom. The van der Waals surface area contributed by atoms with Crippen LogP contribution in [0.1, 0.15) is 49.3 Å². The molecule has 110 valence electrons. The molecule has 1 fully saturated rings. The first-order valence-corrected chi connectivity index (χ1v) is 8.24. The summed E-state index contributed by atoms with van der Waals surface area (Å²) < 4.78 is 0. The lowest BCUT2D eigenvalue weighted by molar-refractivity contribution is 0.164. The van der Waals surface area contributed by atoms with Gasteiger partial charge in [0.1, 0.15) is 0 Å². The van der Waals surface area contributed by atoms with Gasteiger partial charge in [-0.05, 0) is 68.3 Å². The van der Waals surface area contributed by atoms with E-state index in [9.17, 15) is 0 Å². The number of hydrogen-bond donors (Lipinski definition) is 1. The Kier molecular flexibility index (Phi) is 4.42. The third-order valence-electron chi connectivity index (χ3n) is 5.20. The van der Waals surface area contributed by atoms with Crippen molar-refractivity contribution in [1.29, 1.82) is 0 Å². The maximum absolute atomic E-state index is 3.48. The smallest absolute Gasteiger partial charge is 0.0233 e. The summed E-state index contributed by atoms with van der Waals surface area (Å²) in [6.07, 6.45) is 6.76. The maximum atomic E-state index is 3.48. The lowest BCUT2D eigenvalue weighted by Crippen LogP contribution is -2.34. The molecule has 20 heavy (non-hydrogen) atoms. The maximum Gasteiger partial charge on any atom is 0.0233 e. The molecule has 3 rings (SSSR count). The zero-order valence-corrected chi connectivity index (χ0v) is 13.0. The van der Waals surface area contributed by atoms with Crippen molar-refractivity contribution in [1.82, 2.24) is 10.2 Å². The minimum Gasteiger partial charge on any atom is -0.312 e. The van der Waals surface area contributed by atoms with Gasteiger partial charge in [-0.3, -0.25) is 4.90 Å². The van der Waals surface area contributed by atoms with Crippen LogP contribution < -0.4 is 5.32 Å². The number of fused-ring (bicyclic) bond motifs is 1. The van der Waals surface area contributed by atoms with Gasteiger partial charge >= 0.3 is 0 Å². The van der Waals surface area contributed by atoms with Crippen molar-refractivity contribution in [2.75, 3.05) is 13.6 Å². The van der Waals surface area contributed by atoms with Crippen LogP contribution in [-0.2, 0) is 19.5 Å². The molecule has 0 saturated heterocycles. The quantitative estimate of drug-likeness (QED) is 0.908. The molecule has 1 saturated carbocycles. The average molecular weight is 272 g/mol. The lowest BCUT2D eigenvalue weighted by Gasteiger charge is -2.33. The van der Waals surface area contributed by atoms with Crippen LogP contribution >= 0.6 is 0 Å². The number of nitrogens with one attached hydrogen (secondary N) is 1. The molecule has 0 spiro atoms. The van der Waals surface area contributed by atoms with Crippen molar-refractivity contribution in [2.45, 2.75) is 58.2 Å². The van der Waals surface area contributed by atoms with Gasteiger partial charge in [0.05, 0.1) is 0 Å². The summed E-state index contributed by atoms with van der Waals surface area (Å²) >= 11 is 0. The van der Waals surface area contributed by atoms with E-state index in [4.69, 9.17) is 0 Å². The van der Waals surface area contributed by atoms with E-state index in [-0.39, 0.29) is 0 Å². The second-order valence-corrected chi connectivity index (χ2v) is 6.86. The molecule has 2 aliphatic rings. The zero-order chi connectivity index (χ0) is 13.9. The molecule has 0 radical (unpaired) electrons. The Bertz CT molecular complexity index is 447. The van der Waals surface area contributed by atoms with E-state index < -0.39 is 0 Å². The van der Waals surface area contributed by atoms with Gasteiger partial charge in [0, 0.05) is 19.1 Å². The zero-order valence-electron chi connectivity index (χ0n) is 13.0. The summed E-state index contributed by atoms with van der Waals surface area (Å²) in [7, 11) is 2.30. The Labute approximate surface area is 123 Å². The average Bonchev–Trinajstić information content (AvgIpc) is 2.48. The number of benzene rings is 1. The Morgan fingerprint density at radius 1 is 1.15 bits per heavy atom. The number of hydrogen-bond acceptors (Lipinski definition) is 2. The highest BCUT2D eigenvalue weighted by molar-refractivity contribution is 5.33. The van der Waals surface area contributed by atoms with Gasteiger partial charge in [0.25, 0.3) is 0 Å². The van der Waals surface area contributed by atoms with Crippen LogP contribution in [0.4, 0.5) is 0 Å². The summed E-state index contributed by atoms with van der Waals surface area (Å²) in [5, 5.41) is 3.48. The third-order valence-corrected chi connectivity index (χ3v) is 5.20. The molecule has 0 amide bonds. The fourth-order valence-corrected chi connectivity index (χ4v) is 3.73. The van der Waals surface area contributed by atoms with Crippen molar-refractivity contribution in [3.8, 4) is 0 Å². The number of rotatable bonds is 3. The Morgan fingerprint density at radius 3 is 2.75 bits per heavy atom. The van der Waals surface area contributed by atoms with Gasteiger partial charge in [-0.15, -0.1) is 0 Å². The van der Waals surface area contributed by atoms with Crippen LogP contribution in [0.2, 0.25) is 0 Å². The van der Waals surface area contributed by atoms with Crippen molar-refractivity contribution < 1.29 is 0 Å². The molecular weight excluding hydrogens is 244 g/mol. The summed E-state index contributed by atoms with van der Waals surface area (Å²) in [6, 6.07) is 7.90. The highest BCUT2D eigenvalue weighted by Gasteiger charge is 2.21. The number of nitrogens with zero attached hydrogens (tertiary/aromatic N) is 1. The molecule has 2 nitrogen and oxygen atoms in total. The normalized spacial score (nSPS) is 26.6. The Hall–Kier alpha value is -0.860. The lowest BCUT2D eigenvalue weighted by atomic mass is 9.86. The van der Waals surface area contributed by atoms with E-state index in [1.54, 1.807) is 5.56 Å². The molecule has 1 aliphatic heterocycles. The van der Waals surface area contributed by atoms with E-state index >= 15 is 0 Å². The SMILES string of the molecule is CC1CCC(N(C)Cc2ccc3c(c2)CNCC3)CC1. The van der Waals surface area contributed by atoms with Crippen LogP contribution in [0, 0.1) is 5.92 Å². The second-order valence-electron chi connectivity index (χ2n) is 6.86. The van der Waals surface area contributed by atoms with Crippen LogP contribution in [-0.4, -0.2) is 24.5 Å². The third kappa shape index (κ3) is 3.24. The molecule has 1 aliphatic carbocycles. The predicted octanol–water partition coefficient (Wildman–Crippen LogP) is 3.34. The van der Waals surface area contributed by atoms with Crippen molar-refractivity contribution in [3.63, 3.8) is 0 Å². The molecule has 0 aromatic heterocycles. The first-order chi connectivity index (χ1) is 9.72. The topological polar surface area (TPSA) is 15.3 Å². The summed E-state index contributed by atoms with van der Waals surface area (Å²) in [5.41, 5.74) is 4.54. The van der Waals surface area contributed by atoms with Gasteiger partial charge in [-0.2, -0.15) is 0 Å². The van der Waals surface area contributed by atoms with E-state index in [0.717, 1.165) is 31.6 Å². The van der Waals surface area contributed by atoms with Gasteiger partial charge in [-0.25, -0.2) is 0 Å². The van der Waals surface area contributed by atoms with E-state index in [1.807, 2.05) is 0 Å². The summed E-state index contributed by atoms with van der Waals surface area (Å²) in [6.45, 7) is 5.68. The first-order valence-electron chi connectivity index (χ1n) is 8.24. The minimum absolute atomic E-state index is 0.792. The largest absolute Gasteiger partial charge is 0.312 e. The monoisotopic (exact) mass is 272 g/mol. The molecule has 0 atom stereocenters. The molecule has 0 unspecified atom stereocenters. The Balaban J connectivity index is 1.62. The van der Waals surface area contributed by atoms with Crippen LogP contribution in [0.15, 0.2) is 18.2 Å².